The van der Waals surface area contributed by atoms with Gasteiger partial charge in [0.25, 0.3) is 0 Å². The minimum Gasteiger partial charge on any atom is -0.467 e. The van der Waals surface area contributed by atoms with Crippen molar-refractivity contribution in [3.8, 4) is 11.5 Å². The Balaban J connectivity index is 3.11. The number of carbonyl (C=O) groups excluding carboxylic acids is 1. The van der Waals surface area contributed by atoms with Crippen LogP contribution >= 0.6 is 0 Å². The van der Waals surface area contributed by atoms with Gasteiger partial charge in [-0.05, 0) is 93.3 Å². The van der Waals surface area contributed by atoms with Crippen molar-refractivity contribution in [1.29, 1.82) is 0 Å². The molecule has 0 saturated heterocycles. The number of hydrogen-bond donors (Lipinski definition) is 0. The number of hydrogen-bond acceptors (Lipinski definition) is 10. The third kappa shape index (κ3) is 17.7. The lowest BCUT2D eigenvalue weighted by atomic mass is 10.0. The Morgan fingerprint density at radius 3 is 1.84 bits per heavy atom. The average molecular weight is 757 g/mol. The highest BCUT2D eigenvalue weighted by atomic mass is 28.4. The number of ether oxygens (including phenoxy) is 7. The van der Waals surface area contributed by atoms with Gasteiger partial charge >= 0.3 is 5.97 Å². The lowest BCUT2D eigenvalue weighted by Crippen LogP contribution is -2.44. The van der Waals surface area contributed by atoms with Gasteiger partial charge in [0.15, 0.2) is 30.2 Å². The summed E-state index contributed by atoms with van der Waals surface area (Å²) in [5.41, 5.74) is 0.915. The van der Waals surface area contributed by atoms with E-state index in [4.69, 9.17) is 42.0 Å². The van der Waals surface area contributed by atoms with Gasteiger partial charge in [-0.1, -0.05) is 53.7 Å². The van der Waals surface area contributed by atoms with Crippen LogP contribution in [0, 0.1) is 0 Å². The minimum absolute atomic E-state index is 0.0185. The summed E-state index contributed by atoms with van der Waals surface area (Å²) in [7, 11) is 0.796. The number of esters is 1. The predicted molar refractivity (Wildman–Crippen MR) is 211 cm³/mol. The topological polar surface area (TPSA) is 100 Å². The average Bonchev–Trinajstić information content (AvgIpc) is 3.02. The van der Waals surface area contributed by atoms with Gasteiger partial charge in [0.1, 0.15) is 17.1 Å². The molecule has 0 spiro atoms. The largest absolute Gasteiger partial charge is 0.467 e. The second-order valence-electron chi connectivity index (χ2n) is 16.2. The first kappa shape index (κ1) is 47.2. The first-order valence-corrected chi connectivity index (χ1v) is 24.3. The fraction of sp³-hybridized carbons (Fsp3) is 0.769. The molecule has 0 aliphatic carbocycles. The number of benzene rings is 1. The Bertz CT molecular complexity index is 1160. The molecule has 0 heterocycles. The summed E-state index contributed by atoms with van der Waals surface area (Å²) in [5, 5.41) is 0.324. The zero-order valence-electron chi connectivity index (χ0n) is 34.5. The molecule has 0 aliphatic heterocycles. The maximum atomic E-state index is 13.0. The Hall–Kier alpha value is -1.78. The van der Waals surface area contributed by atoms with E-state index >= 15 is 0 Å². The number of rotatable bonds is 26. The van der Waals surface area contributed by atoms with Crippen LogP contribution in [0.1, 0.15) is 103 Å². The molecule has 0 bridgehead atoms. The Kier molecular flexibility index (Phi) is 21.4. The quantitative estimate of drug-likeness (QED) is 0.0393. The highest BCUT2D eigenvalue weighted by molar-refractivity contribution is 6.74. The smallest absolute Gasteiger partial charge is 0.342 e. The van der Waals surface area contributed by atoms with E-state index in [1.54, 1.807) is 26.4 Å². The van der Waals surface area contributed by atoms with Gasteiger partial charge in [-0.25, -0.2) is 4.79 Å². The normalized spacial score (nSPS) is 14.2. The summed E-state index contributed by atoms with van der Waals surface area (Å²) in [6.45, 7) is 26.9. The monoisotopic (exact) mass is 756 g/mol. The van der Waals surface area contributed by atoms with Gasteiger partial charge in [-0.15, -0.1) is 0 Å². The number of allylic oxidation sites excluding steroid dienone is 1. The molecule has 0 unspecified atom stereocenters. The molecule has 1 rings (SSSR count). The molecular weight excluding hydrogens is 685 g/mol. The molecule has 10 nitrogen and oxygen atoms in total. The summed E-state index contributed by atoms with van der Waals surface area (Å²) in [6, 6.07) is 3.43. The van der Waals surface area contributed by atoms with Crippen molar-refractivity contribution >= 4 is 28.7 Å². The summed E-state index contributed by atoms with van der Waals surface area (Å²) in [6.07, 6.45) is 10.2. The van der Waals surface area contributed by atoms with E-state index in [0.717, 1.165) is 38.5 Å². The van der Waals surface area contributed by atoms with Gasteiger partial charge < -0.3 is 42.0 Å². The molecule has 0 amide bonds. The third-order valence-electron chi connectivity index (χ3n) is 9.87. The maximum absolute atomic E-state index is 13.0. The van der Waals surface area contributed by atoms with Crippen LogP contribution in [0.2, 0.25) is 36.3 Å². The first-order chi connectivity index (χ1) is 23.8. The summed E-state index contributed by atoms with van der Waals surface area (Å²) < 4.78 is 51.6. The lowest BCUT2D eigenvalue weighted by molar-refractivity contribution is -0.0120. The van der Waals surface area contributed by atoms with Crippen LogP contribution in [0.5, 0.6) is 11.5 Å². The standard InChI is InChI=1S/C39H72O10Si2/c1-31(48-50(11,12)38(2,3)4)19-18-22-33(49-51(13,14)39(5,6)7)21-17-15-16-20-32-27-34(46-29-44-25-23-41-8)28-35(36(32)37(40)43-10)47-30-45-26-24-42-9/h16,20,27-28,31,33H,15,17-19,21-26,29-30H2,1-14H3/b20-16+/t31-,33-/m0/s1. The van der Waals surface area contributed by atoms with E-state index in [2.05, 4.69) is 80.7 Å². The Morgan fingerprint density at radius 1 is 0.745 bits per heavy atom. The fourth-order valence-electron chi connectivity index (χ4n) is 4.78. The molecule has 0 saturated carbocycles. The summed E-state index contributed by atoms with van der Waals surface area (Å²) in [4.78, 5) is 13.0. The van der Waals surface area contributed by atoms with Crippen molar-refractivity contribution in [3.63, 3.8) is 0 Å². The van der Waals surface area contributed by atoms with Crippen LogP contribution in [0.4, 0.5) is 0 Å². The van der Waals surface area contributed by atoms with Gasteiger partial charge in [-0.2, -0.15) is 0 Å². The maximum Gasteiger partial charge on any atom is 0.342 e. The first-order valence-electron chi connectivity index (χ1n) is 18.5. The van der Waals surface area contributed by atoms with Crippen molar-refractivity contribution in [2.24, 2.45) is 0 Å². The van der Waals surface area contributed by atoms with Crippen molar-refractivity contribution in [2.75, 3.05) is 61.3 Å². The molecule has 1 aromatic rings. The molecule has 0 aliphatic rings. The molecule has 51 heavy (non-hydrogen) atoms. The third-order valence-corrected chi connectivity index (χ3v) is 19.0. The molecule has 1 aromatic carbocycles. The molecule has 0 radical (unpaired) electrons. The second-order valence-corrected chi connectivity index (χ2v) is 25.7. The number of unbranched alkanes of at least 4 members (excludes halogenated alkanes) is 1. The van der Waals surface area contributed by atoms with Gasteiger partial charge in [0, 0.05) is 32.5 Å². The van der Waals surface area contributed by atoms with Crippen molar-refractivity contribution in [3.05, 3.63) is 29.3 Å². The van der Waals surface area contributed by atoms with Crippen molar-refractivity contribution in [2.45, 2.75) is 135 Å². The predicted octanol–water partition coefficient (Wildman–Crippen LogP) is 9.63. The minimum atomic E-state index is -1.96. The van der Waals surface area contributed by atoms with E-state index in [-0.39, 0.29) is 35.9 Å². The molecule has 0 fully saturated rings. The van der Waals surface area contributed by atoms with E-state index < -0.39 is 22.6 Å². The van der Waals surface area contributed by atoms with Gasteiger partial charge in [-0.3, -0.25) is 0 Å². The lowest BCUT2D eigenvalue weighted by Gasteiger charge is -2.40. The van der Waals surface area contributed by atoms with Gasteiger partial charge in [0.05, 0.1) is 33.5 Å². The van der Waals surface area contributed by atoms with Gasteiger partial charge in [0.2, 0.25) is 0 Å². The van der Waals surface area contributed by atoms with Crippen LogP contribution < -0.4 is 9.47 Å². The number of carbonyl (C=O) groups is 1. The summed E-state index contributed by atoms with van der Waals surface area (Å²) >= 11 is 0. The zero-order valence-corrected chi connectivity index (χ0v) is 36.5. The highest BCUT2D eigenvalue weighted by Gasteiger charge is 2.40. The molecule has 0 aromatic heterocycles. The van der Waals surface area contributed by atoms with Crippen molar-refractivity contribution in [1.82, 2.24) is 0 Å². The van der Waals surface area contributed by atoms with Crippen LogP contribution in [-0.4, -0.2) is 96.2 Å². The van der Waals surface area contributed by atoms with E-state index in [1.807, 2.05) is 6.08 Å². The molecule has 12 heteroatoms. The second kappa shape index (κ2) is 23.1. The fourth-order valence-corrected chi connectivity index (χ4v) is 7.68. The van der Waals surface area contributed by atoms with E-state index in [0.29, 0.717) is 49.1 Å². The molecular formula is C39H72O10Si2. The van der Waals surface area contributed by atoms with Crippen LogP contribution in [0.15, 0.2) is 18.2 Å². The molecule has 0 N–H and O–H groups in total. The summed E-state index contributed by atoms with van der Waals surface area (Å²) in [5.74, 6) is 0.267. The zero-order chi connectivity index (χ0) is 38.7. The van der Waals surface area contributed by atoms with E-state index in [9.17, 15) is 4.79 Å². The van der Waals surface area contributed by atoms with Crippen LogP contribution in [0.25, 0.3) is 6.08 Å². The Morgan fingerprint density at radius 2 is 1.29 bits per heavy atom. The molecule has 2 atom stereocenters. The van der Waals surface area contributed by atoms with Crippen LogP contribution in [-0.2, 0) is 32.5 Å². The van der Waals surface area contributed by atoms with E-state index in [1.165, 1.54) is 7.11 Å². The van der Waals surface area contributed by atoms with Crippen LogP contribution in [0.3, 0.4) is 0 Å². The highest BCUT2D eigenvalue weighted by Crippen LogP contribution is 2.40. The SMILES string of the molecule is COCCOCOc1cc(/C=C/CCC[C@@H](CCC[C@H](C)O[Si](C)(C)C(C)(C)C)O[Si](C)(C)C(C)(C)C)c(C(=O)OC)c(OCOCCOC)c1. The van der Waals surface area contributed by atoms with Crippen molar-refractivity contribution < 1.29 is 46.8 Å². The molecule has 296 valence electrons. The Labute approximate surface area is 312 Å². The number of methoxy groups -OCH3 is 3.